The third kappa shape index (κ3) is 6.15. The summed E-state index contributed by atoms with van der Waals surface area (Å²) in [6.07, 6.45) is 6.13. The molecule has 1 aliphatic carbocycles. The Morgan fingerprint density at radius 2 is 1.72 bits per heavy atom. The number of benzene rings is 1. The number of rotatable bonds is 4. The number of aliphatic imine (C=N–C) groups is 1. The van der Waals surface area contributed by atoms with Gasteiger partial charge in [-0.3, -0.25) is 9.89 Å². The summed E-state index contributed by atoms with van der Waals surface area (Å²) < 4.78 is 0. The van der Waals surface area contributed by atoms with Crippen molar-refractivity contribution in [2.75, 3.05) is 20.1 Å². The standard InChI is InChI=1S/C18H26Cl2N4.HI/c1-21-18(22-14-3-2-4-14)23-15-7-9-24(10-8-15)12-13-5-6-16(19)17(20)11-13;/h5-6,11,14-15H,2-4,7-10,12H2,1H3,(H2,21,22,23);1H. The topological polar surface area (TPSA) is 39.7 Å². The fraction of sp³-hybridized carbons (Fsp3) is 0.611. The van der Waals surface area contributed by atoms with E-state index in [1.807, 2.05) is 19.2 Å². The lowest BCUT2D eigenvalue weighted by molar-refractivity contribution is 0.198. The van der Waals surface area contributed by atoms with Gasteiger partial charge in [-0.25, -0.2) is 0 Å². The van der Waals surface area contributed by atoms with Gasteiger partial charge in [-0.15, -0.1) is 24.0 Å². The second-order valence-corrected chi connectivity index (χ2v) is 7.60. The van der Waals surface area contributed by atoms with Gasteiger partial charge in [0.15, 0.2) is 5.96 Å². The first-order chi connectivity index (χ1) is 11.6. The molecular weight excluding hydrogens is 470 g/mol. The lowest BCUT2D eigenvalue weighted by Crippen LogP contribution is -2.52. The van der Waals surface area contributed by atoms with Crippen molar-refractivity contribution in [2.45, 2.75) is 50.7 Å². The summed E-state index contributed by atoms with van der Waals surface area (Å²) in [6, 6.07) is 7.03. The van der Waals surface area contributed by atoms with Crippen molar-refractivity contribution in [3.63, 3.8) is 0 Å². The highest BCUT2D eigenvalue weighted by Crippen LogP contribution is 2.24. The maximum Gasteiger partial charge on any atom is 0.191 e. The summed E-state index contributed by atoms with van der Waals surface area (Å²) in [4.78, 5) is 6.83. The van der Waals surface area contributed by atoms with Crippen LogP contribution in [0.4, 0.5) is 0 Å². The van der Waals surface area contributed by atoms with E-state index in [0.717, 1.165) is 38.4 Å². The van der Waals surface area contributed by atoms with Gasteiger partial charge in [0.25, 0.3) is 0 Å². The molecule has 1 heterocycles. The van der Waals surface area contributed by atoms with Gasteiger partial charge in [-0.2, -0.15) is 0 Å². The maximum absolute atomic E-state index is 6.11. The van der Waals surface area contributed by atoms with E-state index in [0.29, 0.717) is 22.1 Å². The summed E-state index contributed by atoms with van der Waals surface area (Å²) >= 11 is 12.1. The molecule has 3 rings (SSSR count). The first-order valence-corrected chi connectivity index (χ1v) is 9.56. The molecule has 2 N–H and O–H groups in total. The van der Waals surface area contributed by atoms with Crippen molar-refractivity contribution in [1.82, 2.24) is 15.5 Å². The predicted molar refractivity (Wildman–Crippen MR) is 117 cm³/mol. The van der Waals surface area contributed by atoms with Crippen molar-refractivity contribution in [3.8, 4) is 0 Å². The van der Waals surface area contributed by atoms with E-state index in [1.54, 1.807) is 0 Å². The Hall–Kier alpha value is -0.240. The van der Waals surface area contributed by atoms with Crippen LogP contribution in [0.15, 0.2) is 23.2 Å². The predicted octanol–water partition coefficient (Wildman–Crippen LogP) is 4.29. The molecule has 0 bridgehead atoms. The zero-order valence-electron chi connectivity index (χ0n) is 14.6. The van der Waals surface area contributed by atoms with Gasteiger partial charge >= 0.3 is 0 Å². The molecule has 25 heavy (non-hydrogen) atoms. The smallest absolute Gasteiger partial charge is 0.191 e. The van der Waals surface area contributed by atoms with Crippen molar-refractivity contribution >= 4 is 53.1 Å². The third-order valence-corrected chi connectivity index (χ3v) is 5.73. The molecule has 4 nitrogen and oxygen atoms in total. The van der Waals surface area contributed by atoms with Gasteiger partial charge in [-0.05, 0) is 49.8 Å². The Morgan fingerprint density at radius 3 is 2.24 bits per heavy atom. The maximum atomic E-state index is 6.11. The zero-order chi connectivity index (χ0) is 16.9. The molecule has 0 aromatic heterocycles. The number of guanidine groups is 1. The minimum Gasteiger partial charge on any atom is -0.354 e. The van der Waals surface area contributed by atoms with Crippen LogP contribution in [-0.2, 0) is 6.54 Å². The largest absolute Gasteiger partial charge is 0.354 e. The van der Waals surface area contributed by atoms with Crippen LogP contribution in [0.2, 0.25) is 10.0 Å². The number of nitrogens with one attached hydrogen (secondary N) is 2. The Kier molecular flexibility index (Phi) is 8.58. The second-order valence-electron chi connectivity index (χ2n) is 6.79. The van der Waals surface area contributed by atoms with E-state index in [4.69, 9.17) is 23.2 Å². The number of hydrogen-bond donors (Lipinski definition) is 2. The van der Waals surface area contributed by atoms with Crippen molar-refractivity contribution in [1.29, 1.82) is 0 Å². The fourth-order valence-corrected chi connectivity index (χ4v) is 3.56. The number of hydrogen-bond acceptors (Lipinski definition) is 2. The monoisotopic (exact) mass is 496 g/mol. The second kappa shape index (κ2) is 10.2. The van der Waals surface area contributed by atoms with Crippen LogP contribution in [0.3, 0.4) is 0 Å². The van der Waals surface area contributed by atoms with Crippen LogP contribution in [-0.4, -0.2) is 43.1 Å². The van der Waals surface area contributed by atoms with Crippen molar-refractivity contribution in [3.05, 3.63) is 33.8 Å². The van der Waals surface area contributed by atoms with Crippen LogP contribution < -0.4 is 10.6 Å². The minimum absolute atomic E-state index is 0. The van der Waals surface area contributed by atoms with Crippen LogP contribution in [0.5, 0.6) is 0 Å². The average molecular weight is 497 g/mol. The molecule has 2 aliphatic rings. The zero-order valence-corrected chi connectivity index (χ0v) is 18.4. The van der Waals surface area contributed by atoms with Crippen molar-refractivity contribution in [2.24, 2.45) is 4.99 Å². The van der Waals surface area contributed by atoms with E-state index in [2.05, 4.69) is 26.6 Å². The Bertz CT molecular complexity index is 584. The van der Waals surface area contributed by atoms with Crippen LogP contribution in [0.25, 0.3) is 0 Å². The van der Waals surface area contributed by atoms with E-state index in [-0.39, 0.29) is 24.0 Å². The Labute approximate surface area is 177 Å². The highest BCUT2D eigenvalue weighted by atomic mass is 127. The molecule has 7 heteroatoms. The fourth-order valence-electron chi connectivity index (χ4n) is 3.24. The normalized spacial score (nSPS) is 19.9. The summed E-state index contributed by atoms with van der Waals surface area (Å²) in [7, 11) is 1.85. The molecule has 0 spiro atoms. The molecule has 0 radical (unpaired) electrons. The summed E-state index contributed by atoms with van der Waals surface area (Å²) in [5, 5.41) is 8.35. The van der Waals surface area contributed by atoms with Gasteiger partial charge in [0.05, 0.1) is 10.0 Å². The third-order valence-electron chi connectivity index (χ3n) is 4.99. The van der Waals surface area contributed by atoms with E-state index >= 15 is 0 Å². The SMILES string of the molecule is CN=C(NC1CCC1)NC1CCN(Cc2ccc(Cl)c(Cl)c2)CC1.I. The lowest BCUT2D eigenvalue weighted by Gasteiger charge is -2.34. The molecule has 1 saturated heterocycles. The minimum atomic E-state index is 0. The summed E-state index contributed by atoms with van der Waals surface area (Å²) in [6.45, 7) is 3.09. The number of nitrogens with zero attached hydrogens (tertiary/aromatic N) is 2. The van der Waals surface area contributed by atoms with E-state index in [9.17, 15) is 0 Å². The summed E-state index contributed by atoms with van der Waals surface area (Å²) in [5.41, 5.74) is 1.22. The quantitative estimate of drug-likeness (QED) is 0.371. The van der Waals surface area contributed by atoms with Gasteiger partial charge in [0.1, 0.15) is 0 Å². The van der Waals surface area contributed by atoms with Crippen LogP contribution in [0.1, 0.15) is 37.7 Å². The van der Waals surface area contributed by atoms with Gasteiger partial charge in [-0.1, -0.05) is 29.3 Å². The molecule has 0 unspecified atom stereocenters. The van der Waals surface area contributed by atoms with Crippen molar-refractivity contribution < 1.29 is 0 Å². The Balaban J connectivity index is 0.00000225. The number of halogens is 3. The molecule has 0 atom stereocenters. The number of piperidine rings is 1. The van der Waals surface area contributed by atoms with Crippen LogP contribution in [0, 0.1) is 0 Å². The van der Waals surface area contributed by atoms with Crippen LogP contribution >= 0.6 is 47.2 Å². The van der Waals surface area contributed by atoms with Gasteiger partial charge in [0.2, 0.25) is 0 Å². The summed E-state index contributed by atoms with van der Waals surface area (Å²) in [5.74, 6) is 0.961. The lowest BCUT2D eigenvalue weighted by atomic mass is 9.93. The Morgan fingerprint density at radius 1 is 1.08 bits per heavy atom. The van der Waals surface area contributed by atoms with E-state index < -0.39 is 0 Å². The first kappa shape index (κ1) is 21.1. The molecular formula is C18H27Cl2IN4. The van der Waals surface area contributed by atoms with Gasteiger partial charge < -0.3 is 10.6 Å². The van der Waals surface area contributed by atoms with E-state index in [1.165, 1.54) is 24.8 Å². The molecule has 1 aromatic rings. The number of likely N-dealkylation sites (tertiary alicyclic amines) is 1. The molecule has 0 amide bonds. The first-order valence-electron chi connectivity index (χ1n) is 8.80. The molecule has 1 saturated carbocycles. The molecule has 1 aromatic carbocycles. The molecule has 2 fully saturated rings. The molecule has 140 valence electrons. The highest BCUT2D eigenvalue weighted by molar-refractivity contribution is 14.0. The molecule has 1 aliphatic heterocycles. The highest BCUT2D eigenvalue weighted by Gasteiger charge is 2.22. The average Bonchev–Trinajstić information content (AvgIpc) is 2.55. The van der Waals surface area contributed by atoms with Gasteiger partial charge in [0, 0.05) is 38.8 Å².